The highest BCUT2D eigenvalue weighted by Crippen LogP contribution is 2.49. The van der Waals surface area contributed by atoms with E-state index in [4.69, 9.17) is 11.5 Å². The Hall–Kier alpha value is -2.66. The molecule has 1 saturated carbocycles. The Morgan fingerprint density at radius 2 is 1.04 bits per heavy atom. The first-order chi connectivity index (χ1) is 11.5. The van der Waals surface area contributed by atoms with Gasteiger partial charge in [0.2, 0.25) is 0 Å². The number of rotatable bonds is 2. The van der Waals surface area contributed by atoms with Gasteiger partial charge < -0.3 is 11.5 Å². The Morgan fingerprint density at radius 1 is 0.708 bits per heavy atom. The van der Waals surface area contributed by atoms with E-state index in [0.29, 0.717) is 12.8 Å². The lowest BCUT2D eigenvalue weighted by atomic mass is 9.58. The zero-order valence-corrected chi connectivity index (χ0v) is 13.4. The average molecular weight is 316 g/mol. The summed E-state index contributed by atoms with van der Waals surface area (Å²) >= 11 is 0. The molecule has 0 saturated heterocycles. The second-order valence-electron chi connectivity index (χ2n) is 6.64. The van der Waals surface area contributed by atoms with Crippen LogP contribution in [-0.2, 0) is 0 Å². The maximum Gasteiger partial charge on any atom is 0.111 e. The molecular weight excluding hydrogens is 296 g/mol. The summed E-state index contributed by atoms with van der Waals surface area (Å²) in [7, 11) is 0. The highest BCUT2D eigenvalue weighted by Gasteiger charge is 2.53. The van der Waals surface area contributed by atoms with Gasteiger partial charge in [-0.1, -0.05) is 60.7 Å². The third kappa shape index (κ3) is 2.67. The van der Waals surface area contributed by atoms with Crippen molar-refractivity contribution in [2.24, 2.45) is 11.5 Å². The third-order valence-corrected chi connectivity index (χ3v) is 5.15. The fourth-order valence-electron chi connectivity index (χ4n) is 3.77. The summed E-state index contributed by atoms with van der Waals surface area (Å²) in [5.41, 5.74) is 12.8. The Kier molecular flexibility index (Phi) is 4.11. The van der Waals surface area contributed by atoms with Crippen molar-refractivity contribution < 1.29 is 0 Å². The topological polar surface area (TPSA) is 99.6 Å². The minimum absolute atomic E-state index is 0.270. The van der Waals surface area contributed by atoms with Crippen molar-refractivity contribution >= 4 is 0 Å². The molecule has 4 unspecified atom stereocenters. The van der Waals surface area contributed by atoms with Crippen LogP contribution in [0.25, 0.3) is 0 Å². The zero-order chi connectivity index (χ0) is 17.2. The lowest BCUT2D eigenvalue weighted by Gasteiger charge is -2.47. The molecule has 4 heteroatoms. The molecule has 1 fully saturated rings. The zero-order valence-electron chi connectivity index (χ0n) is 13.4. The van der Waals surface area contributed by atoms with Crippen LogP contribution >= 0.6 is 0 Å². The SMILES string of the molecule is N#CC1(N)CC(c2ccccc2)C(N)(C#N)CC1c1ccccc1. The van der Waals surface area contributed by atoms with E-state index in [0.717, 1.165) is 11.1 Å². The van der Waals surface area contributed by atoms with Crippen LogP contribution in [0.15, 0.2) is 60.7 Å². The van der Waals surface area contributed by atoms with Crippen molar-refractivity contribution in [2.75, 3.05) is 0 Å². The molecule has 1 aliphatic carbocycles. The lowest BCUT2D eigenvalue weighted by Crippen LogP contribution is -2.59. The van der Waals surface area contributed by atoms with Crippen LogP contribution < -0.4 is 11.5 Å². The summed E-state index contributed by atoms with van der Waals surface area (Å²) in [6.45, 7) is 0. The second kappa shape index (κ2) is 6.09. The molecule has 3 rings (SSSR count). The molecule has 24 heavy (non-hydrogen) atoms. The average Bonchev–Trinajstić information content (AvgIpc) is 2.65. The van der Waals surface area contributed by atoms with Gasteiger partial charge in [-0.05, 0) is 24.0 Å². The maximum absolute atomic E-state index is 9.79. The van der Waals surface area contributed by atoms with Gasteiger partial charge in [0, 0.05) is 11.8 Å². The predicted octanol–water partition coefficient (Wildman–Crippen LogP) is 2.79. The molecule has 0 spiro atoms. The first-order valence-corrected chi connectivity index (χ1v) is 8.02. The van der Waals surface area contributed by atoms with Gasteiger partial charge in [0.1, 0.15) is 11.1 Å². The standard InChI is InChI=1S/C20H20N4/c21-13-19(23)12-18(16-9-5-2-6-10-16)20(24,14-22)11-17(19)15-7-3-1-4-8-15/h1-10,17-18H,11-12,23-24H2. The minimum atomic E-state index is -1.05. The summed E-state index contributed by atoms with van der Waals surface area (Å²) in [6.07, 6.45) is 0.717. The highest BCUT2D eigenvalue weighted by molar-refractivity contribution is 5.39. The van der Waals surface area contributed by atoms with Crippen LogP contribution in [0.2, 0.25) is 0 Å². The molecule has 2 aromatic rings. The summed E-state index contributed by atoms with van der Waals surface area (Å²) in [4.78, 5) is 0. The van der Waals surface area contributed by atoms with Crippen LogP contribution in [0.5, 0.6) is 0 Å². The van der Waals surface area contributed by atoms with Crippen LogP contribution in [0.4, 0.5) is 0 Å². The van der Waals surface area contributed by atoms with Crippen LogP contribution in [-0.4, -0.2) is 11.1 Å². The van der Waals surface area contributed by atoms with E-state index in [1.807, 2.05) is 60.7 Å². The summed E-state index contributed by atoms with van der Waals surface area (Å²) in [5, 5.41) is 19.6. The van der Waals surface area contributed by atoms with E-state index in [-0.39, 0.29) is 11.8 Å². The molecule has 0 aromatic heterocycles. The lowest BCUT2D eigenvalue weighted by molar-refractivity contribution is 0.213. The molecule has 2 aromatic carbocycles. The normalized spacial score (nSPS) is 32.5. The van der Waals surface area contributed by atoms with Gasteiger partial charge in [0.15, 0.2) is 0 Å². The molecule has 0 radical (unpaired) electrons. The quantitative estimate of drug-likeness (QED) is 0.889. The number of hydrogen-bond donors (Lipinski definition) is 2. The second-order valence-corrected chi connectivity index (χ2v) is 6.64. The van der Waals surface area contributed by atoms with Gasteiger partial charge >= 0.3 is 0 Å². The van der Waals surface area contributed by atoms with Gasteiger partial charge in [-0.15, -0.1) is 0 Å². The monoisotopic (exact) mass is 316 g/mol. The molecule has 4 nitrogen and oxygen atoms in total. The summed E-state index contributed by atoms with van der Waals surface area (Å²) in [6, 6.07) is 23.9. The van der Waals surface area contributed by atoms with Gasteiger partial charge in [-0.25, -0.2) is 0 Å². The molecule has 0 aliphatic heterocycles. The van der Waals surface area contributed by atoms with E-state index in [1.165, 1.54) is 0 Å². The van der Waals surface area contributed by atoms with Gasteiger partial charge in [0.25, 0.3) is 0 Å². The summed E-state index contributed by atoms with van der Waals surface area (Å²) < 4.78 is 0. The number of nitriles is 2. The molecule has 4 atom stereocenters. The van der Waals surface area contributed by atoms with E-state index in [9.17, 15) is 10.5 Å². The molecule has 0 heterocycles. The molecule has 0 bridgehead atoms. The highest BCUT2D eigenvalue weighted by atomic mass is 14.9. The Labute approximate surface area is 142 Å². The van der Waals surface area contributed by atoms with Crippen molar-refractivity contribution in [3.05, 3.63) is 71.8 Å². The largest absolute Gasteiger partial charge is 0.313 e. The fourth-order valence-corrected chi connectivity index (χ4v) is 3.77. The summed E-state index contributed by atoms with van der Waals surface area (Å²) in [5.74, 6) is -0.540. The number of nitrogens with two attached hydrogens (primary N) is 2. The number of benzene rings is 2. The third-order valence-electron chi connectivity index (χ3n) is 5.15. The molecule has 120 valence electrons. The molecule has 1 aliphatic rings. The van der Waals surface area contributed by atoms with Crippen LogP contribution in [0.3, 0.4) is 0 Å². The van der Waals surface area contributed by atoms with Crippen LogP contribution in [0, 0.1) is 22.7 Å². The van der Waals surface area contributed by atoms with Crippen molar-refractivity contribution in [3.63, 3.8) is 0 Å². The predicted molar refractivity (Wildman–Crippen MR) is 92.7 cm³/mol. The van der Waals surface area contributed by atoms with Gasteiger partial charge in [-0.2, -0.15) is 10.5 Å². The first kappa shape index (κ1) is 16.2. The van der Waals surface area contributed by atoms with Gasteiger partial charge in [0.05, 0.1) is 12.1 Å². The molecule has 0 amide bonds. The molecule has 4 N–H and O–H groups in total. The Bertz CT molecular complexity index is 720. The van der Waals surface area contributed by atoms with Crippen molar-refractivity contribution in [2.45, 2.75) is 35.8 Å². The number of nitrogens with zero attached hydrogens (tertiary/aromatic N) is 2. The van der Waals surface area contributed by atoms with Crippen molar-refractivity contribution in [3.8, 4) is 12.1 Å². The maximum atomic E-state index is 9.79. The Balaban J connectivity index is 2.07. The smallest absolute Gasteiger partial charge is 0.111 e. The van der Waals surface area contributed by atoms with E-state index < -0.39 is 11.1 Å². The van der Waals surface area contributed by atoms with Crippen molar-refractivity contribution in [1.82, 2.24) is 0 Å². The van der Waals surface area contributed by atoms with Crippen LogP contribution in [0.1, 0.15) is 35.8 Å². The first-order valence-electron chi connectivity index (χ1n) is 8.02. The molecular formula is C20H20N4. The Morgan fingerprint density at radius 3 is 1.33 bits per heavy atom. The van der Waals surface area contributed by atoms with E-state index in [1.54, 1.807) is 0 Å². The van der Waals surface area contributed by atoms with Gasteiger partial charge in [-0.3, -0.25) is 0 Å². The minimum Gasteiger partial charge on any atom is -0.313 e. The van der Waals surface area contributed by atoms with E-state index in [2.05, 4.69) is 12.1 Å². The van der Waals surface area contributed by atoms with E-state index >= 15 is 0 Å². The number of hydrogen-bond acceptors (Lipinski definition) is 4. The fraction of sp³-hybridized carbons (Fsp3) is 0.300. The van der Waals surface area contributed by atoms with Crippen molar-refractivity contribution in [1.29, 1.82) is 10.5 Å².